The van der Waals surface area contributed by atoms with E-state index < -0.39 is 5.41 Å². The fraction of sp³-hybridized carbons (Fsp3) is 0.286. The Bertz CT molecular complexity index is 658. The Balaban J connectivity index is 2.02. The smallest absolute Gasteiger partial charge is 0.259 e. The molecule has 19 heavy (non-hydrogen) atoms. The topological polar surface area (TPSA) is 60.9 Å². The molecule has 3 rings (SSSR count). The van der Waals surface area contributed by atoms with Crippen LogP contribution in [0.4, 0.5) is 5.82 Å². The molecule has 0 unspecified atom stereocenters. The standard InChI is InChI=1S/C14H14ClN3O/c1-9-7-12(16)18(17-9)13(19)14(5-6-14)10-3-2-4-11(15)8-10/h2-4,7-8H,5-6,16H2,1H3. The largest absolute Gasteiger partial charge is 0.383 e. The SMILES string of the molecule is Cc1cc(N)n(C(=O)C2(c3cccc(Cl)c3)CC2)n1. The van der Waals surface area contributed by atoms with Crippen LogP contribution < -0.4 is 5.73 Å². The molecule has 0 atom stereocenters. The van der Waals surface area contributed by atoms with Gasteiger partial charge in [0, 0.05) is 11.1 Å². The molecule has 1 aliphatic rings. The number of carbonyl (C=O) groups is 1. The molecule has 0 saturated heterocycles. The van der Waals surface area contributed by atoms with Gasteiger partial charge in [0.05, 0.1) is 11.1 Å². The van der Waals surface area contributed by atoms with E-state index in [-0.39, 0.29) is 5.91 Å². The van der Waals surface area contributed by atoms with Crippen molar-refractivity contribution in [1.82, 2.24) is 9.78 Å². The highest BCUT2D eigenvalue weighted by Gasteiger charge is 2.52. The van der Waals surface area contributed by atoms with Crippen molar-refractivity contribution in [2.75, 3.05) is 5.73 Å². The molecule has 2 aromatic rings. The first-order chi connectivity index (χ1) is 9.03. The summed E-state index contributed by atoms with van der Waals surface area (Å²) in [7, 11) is 0. The van der Waals surface area contributed by atoms with Crippen molar-refractivity contribution in [3.8, 4) is 0 Å². The van der Waals surface area contributed by atoms with Gasteiger partial charge >= 0.3 is 0 Å². The predicted octanol–water partition coefficient (Wildman–Crippen LogP) is 2.80. The number of hydrogen-bond donors (Lipinski definition) is 1. The van der Waals surface area contributed by atoms with Gasteiger partial charge in [-0.1, -0.05) is 23.7 Å². The minimum atomic E-state index is -0.502. The second kappa shape index (κ2) is 4.10. The van der Waals surface area contributed by atoms with Crippen molar-refractivity contribution >= 4 is 23.3 Å². The molecule has 2 N–H and O–H groups in total. The van der Waals surface area contributed by atoms with Crippen LogP contribution >= 0.6 is 11.6 Å². The quantitative estimate of drug-likeness (QED) is 0.917. The van der Waals surface area contributed by atoms with Crippen LogP contribution in [0.25, 0.3) is 0 Å². The van der Waals surface area contributed by atoms with E-state index in [0.29, 0.717) is 10.8 Å². The summed E-state index contributed by atoms with van der Waals surface area (Å²) in [6.45, 7) is 1.82. The molecule has 0 bridgehead atoms. The molecular formula is C14H14ClN3O. The summed E-state index contributed by atoms with van der Waals surface area (Å²) in [4.78, 5) is 12.7. The van der Waals surface area contributed by atoms with E-state index in [1.54, 1.807) is 12.1 Å². The lowest BCUT2D eigenvalue weighted by atomic mass is 9.95. The Hall–Kier alpha value is -1.81. The number of hydrogen-bond acceptors (Lipinski definition) is 3. The fourth-order valence-electron chi connectivity index (χ4n) is 2.42. The lowest BCUT2D eigenvalue weighted by Gasteiger charge is -2.15. The summed E-state index contributed by atoms with van der Waals surface area (Å²) in [5.74, 6) is 0.316. The third-order valence-electron chi connectivity index (χ3n) is 3.59. The van der Waals surface area contributed by atoms with E-state index in [1.165, 1.54) is 4.68 Å². The third kappa shape index (κ3) is 1.92. The summed E-state index contributed by atoms with van der Waals surface area (Å²) < 4.78 is 1.31. The maximum Gasteiger partial charge on any atom is 0.259 e. The second-order valence-electron chi connectivity index (χ2n) is 5.02. The van der Waals surface area contributed by atoms with Crippen LogP contribution in [0.2, 0.25) is 5.02 Å². The van der Waals surface area contributed by atoms with Gasteiger partial charge in [-0.25, -0.2) is 0 Å². The molecule has 1 aromatic heterocycles. The molecule has 5 heteroatoms. The van der Waals surface area contributed by atoms with E-state index in [0.717, 1.165) is 24.1 Å². The van der Waals surface area contributed by atoms with Crippen LogP contribution in [-0.4, -0.2) is 15.7 Å². The summed E-state index contributed by atoms with van der Waals surface area (Å²) >= 11 is 6.01. The molecule has 0 amide bonds. The number of carbonyl (C=O) groups excluding carboxylic acids is 1. The average molecular weight is 276 g/mol. The number of nitrogens with zero attached hydrogens (tertiary/aromatic N) is 2. The first-order valence-electron chi connectivity index (χ1n) is 6.16. The molecular weight excluding hydrogens is 262 g/mol. The first kappa shape index (κ1) is 12.2. The molecule has 4 nitrogen and oxygen atoms in total. The number of rotatable bonds is 2. The van der Waals surface area contributed by atoms with E-state index >= 15 is 0 Å². The number of nitrogen functional groups attached to an aromatic ring is 1. The van der Waals surface area contributed by atoms with Crippen LogP contribution in [0.3, 0.4) is 0 Å². The maximum absolute atomic E-state index is 12.7. The van der Waals surface area contributed by atoms with Gasteiger partial charge in [0.1, 0.15) is 5.82 Å². The van der Waals surface area contributed by atoms with Gasteiger partial charge in [-0.15, -0.1) is 0 Å². The Morgan fingerprint density at radius 2 is 2.16 bits per heavy atom. The van der Waals surface area contributed by atoms with E-state index in [9.17, 15) is 4.79 Å². The predicted molar refractivity (Wildman–Crippen MR) is 74.4 cm³/mol. The number of halogens is 1. The Morgan fingerprint density at radius 1 is 1.42 bits per heavy atom. The van der Waals surface area contributed by atoms with Crippen molar-refractivity contribution in [3.05, 3.63) is 46.6 Å². The van der Waals surface area contributed by atoms with Crippen LogP contribution in [0.15, 0.2) is 30.3 Å². The van der Waals surface area contributed by atoms with E-state index in [4.69, 9.17) is 17.3 Å². The van der Waals surface area contributed by atoms with Gasteiger partial charge in [0.2, 0.25) is 0 Å². The lowest BCUT2D eigenvalue weighted by Crippen LogP contribution is -2.28. The van der Waals surface area contributed by atoms with Gasteiger partial charge in [0.25, 0.3) is 5.91 Å². The van der Waals surface area contributed by atoms with Crippen LogP contribution in [0, 0.1) is 6.92 Å². The minimum Gasteiger partial charge on any atom is -0.383 e. The van der Waals surface area contributed by atoms with Crippen molar-refractivity contribution < 1.29 is 4.79 Å². The molecule has 1 aromatic carbocycles. The molecule has 1 heterocycles. The van der Waals surface area contributed by atoms with Crippen LogP contribution in [0.5, 0.6) is 0 Å². The zero-order chi connectivity index (χ0) is 13.6. The number of aromatic nitrogens is 2. The molecule has 0 aliphatic heterocycles. The van der Waals surface area contributed by atoms with Crippen molar-refractivity contribution in [1.29, 1.82) is 0 Å². The van der Waals surface area contributed by atoms with Crippen molar-refractivity contribution in [2.24, 2.45) is 0 Å². The molecule has 1 aliphatic carbocycles. The minimum absolute atomic E-state index is 0.0691. The number of aryl methyl sites for hydroxylation is 1. The molecule has 1 saturated carbocycles. The average Bonchev–Trinajstić information content (AvgIpc) is 3.10. The molecule has 0 radical (unpaired) electrons. The summed E-state index contributed by atoms with van der Waals surface area (Å²) in [6.07, 6.45) is 1.62. The number of benzene rings is 1. The summed E-state index contributed by atoms with van der Waals surface area (Å²) in [6, 6.07) is 9.15. The van der Waals surface area contributed by atoms with E-state index in [1.807, 2.05) is 25.1 Å². The normalized spacial score (nSPS) is 16.3. The molecule has 98 valence electrons. The lowest BCUT2D eigenvalue weighted by molar-refractivity contribution is 0.0848. The Labute approximate surface area is 116 Å². The zero-order valence-corrected chi connectivity index (χ0v) is 11.3. The van der Waals surface area contributed by atoms with Gasteiger partial charge in [-0.3, -0.25) is 4.79 Å². The highest BCUT2D eigenvalue weighted by molar-refractivity contribution is 6.30. The molecule has 0 spiro atoms. The Kier molecular flexibility index (Phi) is 2.64. The highest BCUT2D eigenvalue weighted by Crippen LogP contribution is 2.50. The monoisotopic (exact) mass is 275 g/mol. The van der Waals surface area contributed by atoms with E-state index in [2.05, 4.69) is 5.10 Å². The Morgan fingerprint density at radius 3 is 2.68 bits per heavy atom. The van der Waals surface area contributed by atoms with Crippen LogP contribution in [0.1, 0.15) is 28.9 Å². The van der Waals surface area contributed by atoms with Crippen LogP contribution in [-0.2, 0) is 5.41 Å². The second-order valence-corrected chi connectivity index (χ2v) is 5.46. The zero-order valence-electron chi connectivity index (χ0n) is 10.6. The summed E-state index contributed by atoms with van der Waals surface area (Å²) in [5.41, 5.74) is 7.01. The van der Waals surface area contributed by atoms with Gasteiger partial charge in [0.15, 0.2) is 0 Å². The first-order valence-corrected chi connectivity index (χ1v) is 6.54. The van der Waals surface area contributed by atoms with Gasteiger partial charge in [-0.2, -0.15) is 9.78 Å². The fourth-order valence-corrected chi connectivity index (χ4v) is 2.61. The molecule has 1 fully saturated rings. The maximum atomic E-state index is 12.7. The van der Waals surface area contributed by atoms with Gasteiger partial charge in [-0.05, 0) is 37.5 Å². The number of nitrogens with two attached hydrogens (primary N) is 1. The summed E-state index contributed by atoms with van der Waals surface area (Å²) in [5, 5.41) is 4.81. The number of anilines is 1. The third-order valence-corrected chi connectivity index (χ3v) is 3.82. The van der Waals surface area contributed by atoms with Crippen molar-refractivity contribution in [2.45, 2.75) is 25.2 Å². The highest BCUT2D eigenvalue weighted by atomic mass is 35.5. The van der Waals surface area contributed by atoms with Crippen molar-refractivity contribution in [3.63, 3.8) is 0 Å². The van der Waals surface area contributed by atoms with Gasteiger partial charge < -0.3 is 5.73 Å².